The summed E-state index contributed by atoms with van der Waals surface area (Å²) >= 11 is 0. The zero-order chi connectivity index (χ0) is 20.7. The Morgan fingerprint density at radius 2 is 1.86 bits per heavy atom. The minimum atomic E-state index is -3.74. The van der Waals surface area contributed by atoms with Gasteiger partial charge in [-0.1, -0.05) is 54.6 Å². The van der Waals surface area contributed by atoms with Crippen LogP contribution in [0.2, 0.25) is 0 Å². The Morgan fingerprint density at radius 3 is 2.62 bits per heavy atom. The van der Waals surface area contributed by atoms with Crippen molar-refractivity contribution in [2.75, 3.05) is 19.6 Å². The third-order valence-corrected chi connectivity index (χ3v) is 6.55. The number of sulfonamides is 1. The highest BCUT2D eigenvalue weighted by atomic mass is 32.2. The largest absolute Gasteiger partial charge is 0.329 e. The molecular formula is C22H26N4O2S. The highest BCUT2D eigenvalue weighted by Gasteiger charge is 2.27. The summed E-state index contributed by atoms with van der Waals surface area (Å²) in [5, 5.41) is 1.42. The smallest absolute Gasteiger partial charge is 0.243 e. The second kappa shape index (κ2) is 9.76. The fourth-order valence-electron chi connectivity index (χ4n) is 3.19. The fraction of sp³-hybridized carbons (Fsp3) is 0.227. The fourth-order valence-corrected chi connectivity index (χ4v) is 4.92. The topological polar surface area (TPSA) is 102 Å². The Labute approximate surface area is 171 Å². The monoisotopic (exact) mass is 410 g/mol. The number of fused-ring (bicyclic) bond motifs is 1. The van der Waals surface area contributed by atoms with Gasteiger partial charge in [0.05, 0.1) is 4.90 Å². The number of rotatable bonds is 9. The van der Waals surface area contributed by atoms with Gasteiger partial charge in [-0.25, -0.2) is 8.42 Å². The van der Waals surface area contributed by atoms with Gasteiger partial charge in [0.1, 0.15) is 0 Å². The molecule has 0 saturated heterocycles. The van der Waals surface area contributed by atoms with Gasteiger partial charge in [-0.05, 0) is 24.1 Å². The molecule has 2 aromatic carbocycles. The summed E-state index contributed by atoms with van der Waals surface area (Å²) < 4.78 is 28.1. The van der Waals surface area contributed by atoms with Crippen LogP contribution in [-0.4, -0.2) is 43.4 Å². The quantitative estimate of drug-likeness (QED) is 0.564. The number of aromatic nitrogens is 1. The van der Waals surface area contributed by atoms with E-state index in [0.717, 1.165) is 10.9 Å². The van der Waals surface area contributed by atoms with Gasteiger partial charge < -0.3 is 11.5 Å². The SMILES string of the molecule is NCCN(CC(N)C/C=C/c1ccccc1)S(=O)(=O)c1cccc2cnccc12. The third kappa shape index (κ3) is 5.27. The number of nitrogens with zero attached hydrogens (tertiary/aromatic N) is 2. The van der Waals surface area contributed by atoms with Gasteiger partial charge in [-0.3, -0.25) is 4.98 Å². The summed E-state index contributed by atoms with van der Waals surface area (Å²) in [5.41, 5.74) is 13.0. The molecule has 7 heteroatoms. The Balaban J connectivity index is 1.78. The van der Waals surface area contributed by atoms with Crippen molar-refractivity contribution in [2.45, 2.75) is 17.4 Å². The van der Waals surface area contributed by atoms with Crippen LogP contribution in [0.1, 0.15) is 12.0 Å². The highest BCUT2D eigenvalue weighted by molar-refractivity contribution is 7.89. The lowest BCUT2D eigenvalue weighted by Gasteiger charge is -2.25. The number of hydrogen-bond donors (Lipinski definition) is 2. The van der Waals surface area contributed by atoms with Gasteiger partial charge in [0.2, 0.25) is 10.0 Å². The Hall–Kier alpha value is -2.58. The number of hydrogen-bond acceptors (Lipinski definition) is 5. The zero-order valence-corrected chi connectivity index (χ0v) is 17.0. The van der Waals surface area contributed by atoms with Gasteiger partial charge in [0.25, 0.3) is 0 Å². The molecule has 0 radical (unpaired) electrons. The first kappa shape index (κ1) is 21.1. The predicted molar refractivity (Wildman–Crippen MR) is 118 cm³/mol. The minimum Gasteiger partial charge on any atom is -0.329 e. The van der Waals surface area contributed by atoms with E-state index in [4.69, 9.17) is 11.5 Å². The summed E-state index contributed by atoms with van der Waals surface area (Å²) in [6.07, 6.45) is 7.76. The van der Waals surface area contributed by atoms with Gasteiger partial charge >= 0.3 is 0 Å². The molecular weight excluding hydrogens is 384 g/mol. The molecule has 0 aliphatic carbocycles. The molecule has 1 aromatic heterocycles. The van der Waals surface area contributed by atoms with Crippen LogP contribution in [0.5, 0.6) is 0 Å². The molecule has 1 atom stereocenters. The normalized spacial score (nSPS) is 13.3. The van der Waals surface area contributed by atoms with Gasteiger partial charge in [-0.15, -0.1) is 0 Å². The van der Waals surface area contributed by atoms with Crippen LogP contribution < -0.4 is 11.5 Å². The lowest BCUT2D eigenvalue weighted by atomic mass is 10.1. The molecule has 0 aliphatic heterocycles. The summed E-state index contributed by atoms with van der Waals surface area (Å²) in [5.74, 6) is 0. The second-order valence-corrected chi connectivity index (χ2v) is 8.72. The van der Waals surface area contributed by atoms with Crippen LogP contribution in [0.4, 0.5) is 0 Å². The van der Waals surface area contributed by atoms with Crippen molar-refractivity contribution in [3.05, 3.63) is 78.6 Å². The van der Waals surface area contributed by atoms with E-state index in [9.17, 15) is 8.42 Å². The van der Waals surface area contributed by atoms with Crippen molar-refractivity contribution >= 4 is 26.9 Å². The van der Waals surface area contributed by atoms with Crippen LogP contribution in [0.25, 0.3) is 16.8 Å². The first-order chi connectivity index (χ1) is 14.0. The Kier molecular flexibility index (Phi) is 7.11. The summed E-state index contributed by atoms with van der Waals surface area (Å²) in [7, 11) is -3.74. The van der Waals surface area contributed by atoms with Crippen molar-refractivity contribution in [1.82, 2.24) is 9.29 Å². The first-order valence-corrected chi connectivity index (χ1v) is 11.0. The molecule has 6 nitrogen and oxygen atoms in total. The molecule has 3 aromatic rings. The maximum Gasteiger partial charge on any atom is 0.243 e. The van der Waals surface area contributed by atoms with Gasteiger partial charge in [-0.2, -0.15) is 4.31 Å². The lowest BCUT2D eigenvalue weighted by molar-refractivity contribution is 0.390. The first-order valence-electron chi connectivity index (χ1n) is 9.52. The van der Waals surface area contributed by atoms with Crippen LogP contribution >= 0.6 is 0 Å². The average molecular weight is 411 g/mol. The molecule has 4 N–H and O–H groups in total. The van der Waals surface area contributed by atoms with Crippen LogP contribution in [-0.2, 0) is 10.0 Å². The molecule has 0 aliphatic rings. The van der Waals surface area contributed by atoms with E-state index >= 15 is 0 Å². The maximum atomic E-state index is 13.3. The third-order valence-electron chi connectivity index (χ3n) is 4.62. The molecule has 1 heterocycles. The van der Waals surface area contributed by atoms with E-state index in [1.807, 2.05) is 48.6 Å². The molecule has 0 amide bonds. The average Bonchev–Trinajstić information content (AvgIpc) is 2.73. The van der Waals surface area contributed by atoms with E-state index in [0.29, 0.717) is 11.8 Å². The van der Waals surface area contributed by atoms with Crippen LogP contribution in [0.3, 0.4) is 0 Å². The molecule has 152 valence electrons. The van der Waals surface area contributed by atoms with E-state index in [1.165, 1.54) is 4.31 Å². The number of nitrogens with two attached hydrogens (primary N) is 2. The minimum absolute atomic E-state index is 0.195. The molecule has 0 spiro atoms. The summed E-state index contributed by atoms with van der Waals surface area (Å²) in [6.45, 7) is 0.623. The lowest BCUT2D eigenvalue weighted by Crippen LogP contribution is -2.43. The molecule has 0 bridgehead atoms. The molecule has 3 rings (SSSR count). The summed E-state index contributed by atoms with van der Waals surface area (Å²) in [6, 6.07) is 16.5. The molecule has 29 heavy (non-hydrogen) atoms. The van der Waals surface area contributed by atoms with Crippen molar-refractivity contribution in [2.24, 2.45) is 11.5 Å². The Morgan fingerprint density at radius 1 is 1.07 bits per heavy atom. The van der Waals surface area contributed by atoms with E-state index in [-0.39, 0.29) is 30.6 Å². The maximum absolute atomic E-state index is 13.3. The van der Waals surface area contributed by atoms with E-state index in [2.05, 4.69) is 4.98 Å². The number of pyridine rings is 1. The standard InChI is InChI=1S/C22H26N4O2S/c23-13-15-26(17-20(24)10-4-8-18-6-2-1-3-7-18)29(27,28)22-11-5-9-19-16-25-14-12-21(19)22/h1-9,11-12,14,16,20H,10,13,15,17,23-24H2/b8-4+. The van der Waals surface area contributed by atoms with Crippen molar-refractivity contribution in [3.8, 4) is 0 Å². The van der Waals surface area contributed by atoms with Gasteiger partial charge in [0, 0.05) is 48.8 Å². The molecule has 0 fully saturated rings. The molecule has 0 saturated carbocycles. The zero-order valence-electron chi connectivity index (χ0n) is 16.2. The predicted octanol–water partition coefficient (Wildman–Crippen LogP) is 2.62. The van der Waals surface area contributed by atoms with Crippen molar-refractivity contribution < 1.29 is 8.42 Å². The van der Waals surface area contributed by atoms with Crippen LogP contribution in [0.15, 0.2) is 78.0 Å². The van der Waals surface area contributed by atoms with Crippen LogP contribution in [0, 0.1) is 0 Å². The van der Waals surface area contributed by atoms with Crippen molar-refractivity contribution in [3.63, 3.8) is 0 Å². The second-order valence-electron chi connectivity index (χ2n) is 6.81. The van der Waals surface area contributed by atoms with Crippen molar-refractivity contribution in [1.29, 1.82) is 0 Å². The molecule has 1 unspecified atom stereocenters. The number of benzene rings is 2. The van der Waals surface area contributed by atoms with E-state index < -0.39 is 10.0 Å². The summed E-state index contributed by atoms with van der Waals surface area (Å²) in [4.78, 5) is 4.32. The van der Waals surface area contributed by atoms with E-state index in [1.54, 1.807) is 30.6 Å². The Bertz CT molecular complexity index is 1060. The van der Waals surface area contributed by atoms with Gasteiger partial charge in [0.15, 0.2) is 0 Å². The highest BCUT2D eigenvalue weighted by Crippen LogP contribution is 2.25.